The van der Waals surface area contributed by atoms with Gasteiger partial charge in [0.15, 0.2) is 5.78 Å². The molecule has 2 aliphatic heterocycles. The van der Waals surface area contributed by atoms with E-state index in [1.807, 2.05) is 13.8 Å². The normalized spacial score (nSPS) is 29.0. The standard InChI is InChI=1S/C18H24O3/c1-12-8-13(2)16(14(3)9-12)17(19)15-4-6-21-18(10-15)5-7-20-11-18/h8-9,15H,4-7,10-11H2,1-3H3. The van der Waals surface area contributed by atoms with Crippen LogP contribution in [-0.4, -0.2) is 31.2 Å². The van der Waals surface area contributed by atoms with Crippen molar-refractivity contribution in [3.05, 3.63) is 34.4 Å². The zero-order valence-corrected chi connectivity index (χ0v) is 13.2. The van der Waals surface area contributed by atoms with Crippen molar-refractivity contribution in [1.29, 1.82) is 0 Å². The third kappa shape index (κ3) is 2.77. The Kier molecular flexibility index (Phi) is 3.89. The molecule has 1 aromatic rings. The highest BCUT2D eigenvalue weighted by atomic mass is 16.6. The second kappa shape index (κ2) is 5.54. The quantitative estimate of drug-likeness (QED) is 0.783. The molecule has 2 saturated heterocycles. The van der Waals surface area contributed by atoms with Crippen LogP contribution in [0.25, 0.3) is 0 Å². The molecule has 2 unspecified atom stereocenters. The highest BCUT2D eigenvalue weighted by Gasteiger charge is 2.43. The largest absolute Gasteiger partial charge is 0.378 e. The lowest BCUT2D eigenvalue weighted by atomic mass is 9.79. The van der Waals surface area contributed by atoms with Gasteiger partial charge in [-0.1, -0.05) is 17.7 Å². The lowest BCUT2D eigenvalue weighted by Gasteiger charge is -2.36. The lowest BCUT2D eigenvalue weighted by Crippen LogP contribution is -2.42. The van der Waals surface area contributed by atoms with Crippen LogP contribution in [0.15, 0.2) is 12.1 Å². The van der Waals surface area contributed by atoms with E-state index in [0.717, 1.165) is 42.6 Å². The van der Waals surface area contributed by atoms with Crippen molar-refractivity contribution in [2.45, 2.75) is 45.6 Å². The first kappa shape index (κ1) is 14.7. The molecule has 0 aliphatic carbocycles. The van der Waals surface area contributed by atoms with E-state index in [1.165, 1.54) is 5.56 Å². The van der Waals surface area contributed by atoms with Crippen LogP contribution < -0.4 is 0 Å². The van der Waals surface area contributed by atoms with Gasteiger partial charge in [0, 0.05) is 31.1 Å². The van der Waals surface area contributed by atoms with E-state index in [4.69, 9.17) is 9.47 Å². The summed E-state index contributed by atoms with van der Waals surface area (Å²) in [4.78, 5) is 13.0. The molecule has 3 nitrogen and oxygen atoms in total. The fourth-order valence-electron chi connectivity index (χ4n) is 3.89. The highest BCUT2D eigenvalue weighted by molar-refractivity contribution is 6.00. The average molecular weight is 288 g/mol. The number of ether oxygens (including phenoxy) is 2. The van der Waals surface area contributed by atoms with Crippen molar-refractivity contribution in [2.24, 2.45) is 5.92 Å². The molecule has 0 bridgehead atoms. The third-order valence-corrected chi connectivity index (χ3v) is 4.85. The molecular weight excluding hydrogens is 264 g/mol. The van der Waals surface area contributed by atoms with E-state index < -0.39 is 0 Å². The smallest absolute Gasteiger partial charge is 0.166 e. The van der Waals surface area contributed by atoms with Crippen LogP contribution in [0.2, 0.25) is 0 Å². The second-order valence-corrected chi connectivity index (χ2v) is 6.66. The van der Waals surface area contributed by atoms with Crippen LogP contribution >= 0.6 is 0 Å². The van der Waals surface area contributed by atoms with Gasteiger partial charge >= 0.3 is 0 Å². The Bertz CT molecular complexity index is 533. The minimum absolute atomic E-state index is 0.0700. The summed E-state index contributed by atoms with van der Waals surface area (Å²) < 4.78 is 11.4. The summed E-state index contributed by atoms with van der Waals surface area (Å²) in [5.74, 6) is 0.361. The molecule has 2 aliphatic rings. The number of ketones is 1. The number of benzene rings is 1. The number of carbonyl (C=O) groups is 1. The predicted octanol–water partition coefficient (Wildman–Crippen LogP) is 3.38. The molecule has 3 rings (SSSR count). The van der Waals surface area contributed by atoms with Crippen LogP contribution in [-0.2, 0) is 9.47 Å². The molecule has 0 amide bonds. The summed E-state index contributed by atoms with van der Waals surface area (Å²) in [6.07, 6.45) is 2.55. The monoisotopic (exact) mass is 288 g/mol. The first-order valence-corrected chi connectivity index (χ1v) is 7.84. The Labute approximate surface area is 126 Å². The van der Waals surface area contributed by atoms with Crippen molar-refractivity contribution < 1.29 is 14.3 Å². The highest BCUT2D eigenvalue weighted by Crippen LogP contribution is 2.37. The second-order valence-electron chi connectivity index (χ2n) is 6.66. The summed E-state index contributed by atoms with van der Waals surface area (Å²) in [6, 6.07) is 4.21. The van der Waals surface area contributed by atoms with E-state index in [2.05, 4.69) is 19.1 Å². The number of Topliss-reactive ketones (excluding diaryl/α,β-unsaturated/α-hetero) is 1. The molecule has 0 saturated carbocycles. The summed E-state index contributed by atoms with van der Waals surface area (Å²) in [5.41, 5.74) is 4.13. The van der Waals surface area contributed by atoms with Gasteiger partial charge in [-0.3, -0.25) is 4.79 Å². The van der Waals surface area contributed by atoms with E-state index in [1.54, 1.807) is 0 Å². The van der Waals surface area contributed by atoms with Gasteiger partial charge in [0.1, 0.15) is 0 Å². The van der Waals surface area contributed by atoms with Crippen LogP contribution in [0.4, 0.5) is 0 Å². The number of carbonyl (C=O) groups excluding carboxylic acids is 1. The van der Waals surface area contributed by atoms with Crippen molar-refractivity contribution in [3.63, 3.8) is 0 Å². The molecule has 2 heterocycles. The third-order valence-electron chi connectivity index (χ3n) is 4.85. The van der Waals surface area contributed by atoms with Gasteiger partial charge in [-0.25, -0.2) is 0 Å². The summed E-state index contributed by atoms with van der Waals surface area (Å²) in [5, 5.41) is 0. The molecule has 0 radical (unpaired) electrons. The van der Waals surface area contributed by atoms with Crippen LogP contribution in [0.1, 0.15) is 46.3 Å². The molecule has 1 spiro atoms. The minimum Gasteiger partial charge on any atom is -0.378 e. The molecular formula is C18H24O3. The average Bonchev–Trinajstić information content (AvgIpc) is 2.85. The van der Waals surface area contributed by atoms with Crippen LogP contribution in [0.5, 0.6) is 0 Å². The number of aryl methyl sites for hydroxylation is 3. The molecule has 2 fully saturated rings. The van der Waals surface area contributed by atoms with E-state index in [9.17, 15) is 4.79 Å². The van der Waals surface area contributed by atoms with Gasteiger partial charge in [0.2, 0.25) is 0 Å². The molecule has 1 aromatic carbocycles. The Morgan fingerprint density at radius 3 is 2.52 bits per heavy atom. The Morgan fingerprint density at radius 2 is 1.90 bits per heavy atom. The molecule has 3 heteroatoms. The molecule has 0 N–H and O–H groups in total. The van der Waals surface area contributed by atoms with Gasteiger partial charge in [-0.15, -0.1) is 0 Å². The minimum atomic E-state index is -0.203. The van der Waals surface area contributed by atoms with Gasteiger partial charge in [-0.2, -0.15) is 0 Å². The zero-order valence-electron chi connectivity index (χ0n) is 13.2. The van der Waals surface area contributed by atoms with Gasteiger partial charge in [-0.05, 0) is 44.7 Å². The fraction of sp³-hybridized carbons (Fsp3) is 0.611. The van der Waals surface area contributed by atoms with Crippen molar-refractivity contribution in [1.82, 2.24) is 0 Å². The van der Waals surface area contributed by atoms with Crippen molar-refractivity contribution in [3.8, 4) is 0 Å². The molecule has 2 atom stereocenters. The topological polar surface area (TPSA) is 35.5 Å². The lowest BCUT2D eigenvalue weighted by molar-refractivity contribution is -0.0920. The van der Waals surface area contributed by atoms with Crippen molar-refractivity contribution in [2.75, 3.05) is 19.8 Å². The maximum absolute atomic E-state index is 13.0. The Balaban J connectivity index is 1.85. The Hall–Kier alpha value is -1.19. The van der Waals surface area contributed by atoms with Crippen LogP contribution in [0, 0.1) is 26.7 Å². The fourth-order valence-corrected chi connectivity index (χ4v) is 3.89. The van der Waals surface area contributed by atoms with E-state index in [0.29, 0.717) is 19.0 Å². The van der Waals surface area contributed by atoms with Gasteiger partial charge < -0.3 is 9.47 Å². The molecule has 0 aromatic heterocycles. The van der Waals surface area contributed by atoms with Crippen molar-refractivity contribution >= 4 is 5.78 Å². The first-order valence-electron chi connectivity index (χ1n) is 7.84. The maximum Gasteiger partial charge on any atom is 0.166 e. The summed E-state index contributed by atoms with van der Waals surface area (Å²) in [6.45, 7) is 8.23. The number of hydrogen-bond donors (Lipinski definition) is 0. The molecule has 21 heavy (non-hydrogen) atoms. The van der Waals surface area contributed by atoms with E-state index in [-0.39, 0.29) is 11.5 Å². The maximum atomic E-state index is 13.0. The Morgan fingerprint density at radius 1 is 1.19 bits per heavy atom. The van der Waals surface area contributed by atoms with Gasteiger partial charge in [0.25, 0.3) is 0 Å². The van der Waals surface area contributed by atoms with Crippen LogP contribution in [0.3, 0.4) is 0 Å². The summed E-state index contributed by atoms with van der Waals surface area (Å²) in [7, 11) is 0. The van der Waals surface area contributed by atoms with E-state index >= 15 is 0 Å². The SMILES string of the molecule is Cc1cc(C)c(C(=O)C2CCOC3(CCOC3)C2)c(C)c1. The summed E-state index contributed by atoms with van der Waals surface area (Å²) >= 11 is 0. The zero-order chi connectivity index (χ0) is 15.0. The van der Waals surface area contributed by atoms with Gasteiger partial charge in [0.05, 0.1) is 12.2 Å². The predicted molar refractivity (Wildman–Crippen MR) is 81.8 cm³/mol. The first-order chi connectivity index (χ1) is 10.0. The molecule has 114 valence electrons. The number of rotatable bonds is 2. The number of hydrogen-bond acceptors (Lipinski definition) is 3.